The Hall–Kier alpha value is -0.660. The first-order valence-electron chi connectivity index (χ1n) is 5.56. The molecular weight excluding hydrogens is 248 g/mol. The third-order valence-corrected chi connectivity index (χ3v) is 2.91. The summed E-state index contributed by atoms with van der Waals surface area (Å²) >= 11 is 0. The number of hydrogen-bond acceptors (Lipinski definition) is 5. The van der Waals surface area contributed by atoms with E-state index in [4.69, 9.17) is 9.66 Å². The predicted octanol–water partition coefficient (Wildman–Crippen LogP) is 0.952. The fourth-order valence-electron chi connectivity index (χ4n) is 1.20. The van der Waals surface area contributed by atoms with E-state index in [0.29, 0.717) is 12.3 Å². The van der Waals surface area contributed by atoms with Gasteiger partial charge in [-0.2, -0.15) is 8.42 Å². The predicted molar refractivity (Wildman–Crippen MR) is 61.8 cm³/mol. The largest absolute Gasteiger partial charge is 0.463 e. The third kappa shape index (κ3) is 8.12. The molecule has 1 atom stereocenters. The molecule has 0 saturated carbocycles. The number of carbonyl (C=O) groups is 1. The number of ether oxygens (including phenoxy) is 1. The number of rotatable bonds is 8. The van der Waals surface area contributed by atoms with Gasteiger partial charge in [0.1, 0.15) is 0 Å². The number of unbranched alkanes of at least 4 members (excludes halogenated alkanes) is 2. The second-order valence-electron chi connectivity index (χ2n) is 4.28. The van der Waals surface area contributed by atoms with Gasteiger partial charge in [0.2, 0.25) is 0 Å². The first-order valence-corrected chi connectivity index (χ1v) is 7.06. The lowest BCUT2D eigenvalue weighted by atomic mass is 10.1. The van der Waals surface area contributed by atoms with E-state index in [9.17, 15) is 13.2 Å². The summed E-state index contributed by atoms with van der Waals surface area (Å²) in [6, 6.07) is 0. The van der Waals surface area contributed by atoms with E-state index in [1.54, 1.807) is 0 Å². The van der Waals surface area contributed by atoms with Crippen LogP contribution in [0.15, 0.2) is 0 Å². The maximum Gasteiger partial charge on any atom is 0.353 e. The van der Waals surface area contributed by atoms with E-state index >= 15 is 0 Å². The smallest absolute Gasteiger partial charge is 0.353 e. The maximum atomic E-state index is 10.9. The van der Waals surface area contributed by atoms with Gasteiger partial charge in [-0.3, -0.25) is 4.55 Å². The van der Waals surface area contributed by atoms with E-state index in [0.717, 1.165) is 19.3 Å². The summed E-state index contributed by atoms with van der Waals surface area (Å²) in [5, 5.41) is 8.82. The highest BCUT2D eigenvalue weighted by atomic mass is 32.2. The molecule has 0 aliphatic heterocycles. The van der Waals surface area contributed by atoms with Crippen LogP contribution in [0.25, 0.3) is 0 Å². The maximum absolute atomic E-state index is 10.9. The first-order chi connectivity index (χ1) is 7.75. The second kappa shape index (κ2) is 7.62. The molecule has 17 heavy (non-hydrogen) atoms. The van der Waals surface area contributed by atoms with Crippen LogP contribution >= 0.6 is 0 Å². The fraction of sp³-hybridized carbons (Fsp3) is 0.900. The molecule has 102 valence electrons. The average molecular weight is 268 g/mol. The van der Waals surface area contributed by atoms with Crippen molar-refractivity contribution < 1.29 is 27.6 Å². The highest BCUT2D eigenvalue weighted by Crippen LogP contribution is 2.08. The molecule has 6 nitrogen and oxygen atoms in total. The Balaban J connectivity index is 3.66. The monoisotopic (exact) mass is 268 g/mol. The van der Waals surface area contributed by atoms with E-state index in [-0.39, 0.29) is 6.61 Å². The summed E-state index contributed by atoms with van der Waals surface area (Å²) in [6.07, 6.45) is 3.57. The van der Waals surface area contributed by atoms with Crippen molar-refractivity contribution in [1.82, 2.24) is 0 Å². The molecule has 0 aromatic rings. The minimum atomic E-state index is -4.78. The summed E-state index contributed by atoms with van der Waals surface area (Å²) in [5.41, 5.74) is -2.50. The molecule has 0 rings (SSSR count). The minimum absolute atomic E-state index is 0.0451. The van der Waals surface area contributed by atoms with Crippen molar-refractivity contribution >= 4 is 16.1 Å². The Kier molecular flexibility index (Phi) is 7.33. The molecule has 0 radical (unpaired) electrons. The lowest BCUT2D eigenvalue weighted by Crippen LogP contribution is -2.31. The number of aliphatic hydroxyl groups is 1. The normalized spacial score (nSPS) is 13.7. The molecule has 0 fully saturated rings. The summed E-state index contributed by atoms with van der Waals surface area (Å²) < 4.78 is 33.7. The second-order valence-corrected chi connectivity index (χ2v) is 5.75. The van der Waals surface area contributed by atoms with Crippen molar-refractivity contribution in [1.29, 1.82) is 0 Å². The molecule has 0 aromatic carbocycles. The SMILES string of the molecule is CC(C)CCCCCOC(=O)C(O)S(=O)(=O)O. The van der Waals surface area contributed by atoms with Gasteiger partial charge in [0.25, 0.3) is 5.44 Å². The number of esters is 1. The quantitative estimate of drug-likeness (QED) is 0.386. The van der Waals surface area contributed by atoms with Crippen LogP contribution in [0.1, 0.15) is 39.5 Å². The van der Waals surface area contributed by atoms with Gasteiger partial charge in [0, 0.05) is 0 Å². The molecule has 1 unspecified atom stereocenters. The van der Waals surface area contributed by atoms with Crippen LogP contribution in [-0.4, -0.2) is 36.1 Å². The Morgan fingerprint density at radius 1 is 1.24 bits per heavy atom. The van der Waals surface area contributed by atoms with E-state index in [1.807, 2.05) is 0 Å². The lowest BCUT2D eigenvalue weighted by molar-refractivity contribution is -0.149. The van der Waals surface area contributed by atoms with Crippen LogP contribution in [0.4, 0.5) is 0 Å². The number of aliphatic hydroxyl groups excluding tert-OH is 1. The van der Waals surface area contributed by atoms with Gasteiger partial charge in [0.05, 0.1) is 6.61 Å². The highest BCUT2D eigenvalue weighted by molar-refractivity contribution is 7.87. The molecule has 0 amide bonds. The van der Waals surface area contributed by atoms with Gasteiger partial charge in [0.15, 0.2) is 0 Å². The summed E-state index contributed by atoms with van der Waals surface area (Å²) in [6.45, 7) is 4.27. The van der Waals surface area contributed by atoms with Crippen LogP contribution in [0, 0.1) is 5.92 Å². The molecule has 0 bridgehead atoms. The zero-order valence-electron chi connectivity index (χ0n) is 10.1. The van der Waals surface area contributed by atoms with Gasteiger partial charge in [-0.05, 0) is 12.3 Å². The van der Waals surface area contributed by atoms with E-state index in [2.05, 4.69) is 18.6 Å². The Labute approximate surface area is 102 Å². The first kappa shape index (κ1) is 16.3. The summed E-state index contributed by atoms with van der Waals surface area (Å²) in [4.78, 5) is 10.9. The van der Waals surface area contributed by atoms with Gasteiger partial charge >= 0.3 is 16.1 Å². The summed E-state index contributed by atoms with van der Waals surface area (Å²) in [5.74, 6) is -0.713. The van der Waals surface area contributed by atoms with Gasteiger partial charge in [-0.25, -0.2) is 4.79 Å². The summed E-state index contributed by atoms with van der Waals surface area (Å²) in [7, 11) is -4.78. The standard InChI is InChI=1S/C10H20O6S/c1-8(2)6-4-3-5-7-16-9(11)10(12)17(13,14)15/h8,10,12H,3-7H2,1-2H3,(H,13,14,15). The zero-order chi connectivity index (χ0) is 13.5. The molecule has 0 aliphatic carbocycles. The number of hydrogen-bond donors (Lipinski definition) is 2. The average Bonchev–Trinajstić information content (AvgIpc) is 2.19. The van der Waals surface area contributed by atoms with Crippen molar-refractivity contribution in [3.8, 4) is 0 Å². The van der Waals surface area contributed by atoms with E-state index in [1.165, 1.54) is 0 Å². The highest BCUT2D eigenvalue weighted by Gasteiger charge is 2.29. The van der Waals surface area contributed by atoms with Crippen LogP contribution in [0.5, 0.6) is 0 Å². The van der Waals surface area contributed by atoms with Crippen LogP contribution < -0.4 is 0 Å². The Morgan fingerprint density at radius 3 is 2.29 bits per heavy atom. The van der Waals surface area contributed by atoms with Crippen molar-refractivity contribution in [3.05, 3.63) is 0 Å². The lowest BCUT2D eigenvalue weighted by Gasteiger charge is -2.08. The number of carbonyl (C=O) groups excluding carboxylic acids is 1. The Morgan fingerprint density at radius 2 is 1.82 bits per heavy atom. The minimum Gasteiger partial charge on any atom is -0.463 e. The van der Waals surface area contributed by atoms with Crippen LogP contribution in [-0.2, 0) is 19.6 Å². The van der Waals surface area contributed by atoms with Crippen molar-refractivity contribution in [2.45, 2.75) is 45.0 Å². The van der Waals surface area contributed by atoms with Crippen molar-refractivity contribution in [2.24, 2.45) is 5.92 Å². The van der Waals surface area contributed by atoms with Crippen molar-refractivity contribution in [2.75, 3.05) is 6.61 Å². The fourth-order valence-corrected chi connectivity index (χ4v) is 1.51. The molecule has 0 heterocycles. The van der Waals surface area contributed by atoms with Gasteiger partial charge < -0.3 is 9.84 Å². The molecule has 0 saturated heterocycles. The molecule has 7 heteroatoms. The zero-order valence-corrected chi connectivity index (χ0v) is 10.9. The van der Waals surface area contributed by atoms with Gasteiger partial charge in [-0.15, -0.1) is 0 Å². The Bertz CT molecular complexity index is 322. The molecule has 0 aromatic heterocycles. The van der Waals surface area contributed by atoms with Crippen LogP contribution in [0.2, 0.25) is 0 Å². The molecule has 0 spiro atoms. The topological polar surface area (TPSA) is 101 Å². The van der Waals surface area contributed by atoms with Crippen LogP contribution in [0.3, 0.4) is 0 Å². The van der Waals surface area contributed by atoms with Gasteiger partial charge in [-0.1, -0.05) is 33.1 Å². The third-order valence-electron chi connectivity index (χ3n) is 2.15. The van der Waals surface area contributed by atoms with Crippen molar-refractivity contribution in [3.63, 3.8) is 0 Å². The molecular formula is C10H20O6S. The molecule has 2 N–H and O–H groups in total. The molecule has 0 aliphatic rings. The van der Waals surface area contributed by atoms with E-state index < -0.39 is 21.5 Å².